The van der Waals surface area contributed by atoms with Crippen molar-refractivity contribution in [3.8, 4) is 5.69 Å². The topological polar surface area (TPSA) is 38.1 Å². The van der Waals surface area contributed by atoms with Crippen LogP contribution in [0, 0.1) is 13.8 Å². The number of carbonyl (C=O) groups is 1. The van der Waals surface area contributed by atoms with Crippen LogP contribution in [0.3, 0.4) is 0 Å². The molecule has 0 radical (unpaired) electrons. The van der Waals surface area contributed by atoms with E-state index in [0.29, 0.717) is 5.75 Å². The lowest BCUT2D eigenvalue weighted by Gasteiger charge is -2.22. The summed E-state index contributed by atoms with van der Waals surface area (Å²) in [6, 6.07) is 14.8. The van der Waals surface area contributed by atoms with Gasteiger partial charge in [-0.3, -0.25) is 9.36 Å². The molecule has 1 atom stereocenters. The van der Waals surface area contributed by atoms with Gasteiger partial charge in [0.1, 0.15) is 0 Å². The molecule has 4 rings (SSSR count). The van der Waals surface area contributed by atoms with Crippen LogP contribution in [0.1, 0.15) is 23.6 Å². The van der Waals surface area contributed by atoms with Crippen LogP contribution in [0.25, 0.3) is 5.69 Å². The van der Waals surface area contributed by atoms with E-state index in [1.54, 1.807) is 6.20 Å². The number of fused-ring (bicyclic) bond motifs is 1. The summed E-state index contributed by atoms with van der Waals surface area (Å²) in [6.07, 6.45) is 4.67. The molecule has 1 unspecified atom stereocenters. The summed E-state index contributed by atoms with van der Waals surface area (Å²) in [5, 5.41) is 0.843. The average molecular weight is 378 g/mol. The maximum atomic E-state index is 12.9. The molecule has 0 aliphatic carbocycles. The van der Waals surface area contributed by atoms with Crippen LogP contribution in [0.2, 0.25) is 0 Å². The molecule has 3 aromatic rings. The van der Waals surface area contributed by atoms with Crippen molar-refractivity contribution < 1.29 is 4.79 Å². The number of amides is 1. The Balaban J connectivity index is 1.52. The highest BCUT2D eigenvalue weighted by molar-refractivity contribution is 7.99. The van der Waals surface area contributed by atoms with Crippen molar-refractivity contribution in [2.24, 2.45) is 0 Å². The minimum absolute atomic E-state index is 0.132. The molecule has 0 saturated heterocycles. The van der Waals surface area contributed by atoms with E-state index >= 15 is 0 Å². The summed E-state index contributed by atoms with van der Waals surface area (Å²) in [6.45, 7) is 6.30. The molecule has 2 heterocycles. The fourth-order valence-corrected chi connectivity index (χ4v) is 4.62. The van der Waals surface area contributed by atoms with Gasteiger partial charge in [-0.2, -0.15) is 0 Å². The summed E-state index contributed by atoms with van der Waals surface area (Å²) < 4.78 is 2.06. The molecule has 1 aromatic heterocycles. The standard InChI is InChI=1S/C22H23N3OS/c1-15-8-9-19(16(2)12-15)24-11-10-23-22(24)27-14-21(26)25-17(3)13-18-6-4-5-7-20(18)25/h4-12,17H,13-14H2,1-3H3. The Morgan fingerprint density at radius 2 is 2.00 bits per heavy atom. The molecule has 1 amide bonds. The van der Waals surface area contributed by atoms with Crippen LogP contribution in [0.15, 0.2) is 60.0 Å². The number of aromatic nitrogens is 2. The predicted molar refractivity (Wildman–Crippen MR) is 111 cm³/mol. The number of benzene rings is 2. The minimum Gasteiger partial charge on any atom is -0.308 e. The number of hydrogen-bond acceptors (Lipinski definition) is 3. The van der Waals surface area contributed by atoms with Crippen molar-refractivity contribution in [1.29, 1.82) is 0 Å². The molecule has 0 bridgehead atoms. The molecular formula is C22H23N3OS. The zero-order valence-corrected chi connectivity index (χ0v) is 16.7. The van der Waals surface area contributed by atoms with E-state index in [1.807, 2.05) is 29.3 Å². The lowest BCUT2D eigenvalue weighted by molar-refractivity contribution is -0.116. The van der Waals surface area contributed by atoms with E-state index in [1.165, 1.54) is 28.5 Å². The quantitative estimate of drug-likeness (QED) is 0.626. The number of imidazole rings is 1. The Kier molecular flexibility index (Phi) is 4.79. The van der Waals surface area contributed by atoms with Crippen molar-refractivity contribution in [3.05, 3.63) is 71.5 Å². The number of aryl methyl sites for hydroxylation is 2. The molecule has 0 fully saturated rings. The van der Waals surface area contributed by atoms with Crippen LogP contribution in [-0.2, 0) is 11.2 Å². The summed E-state index contributed by atoms with van der Waals surface area (Å²) >= 11 is 1.49. The second kappa shape index (κ2) is 7.24. The van der Waals surface area contributed by atoms with E-state index in [4.69, 9.17) is 0 Å². The van der Waals surface area contributed by atoms with Gasteiger partial charge in [0.25, 0.3) is 0 Å². The van der Waals surface area contributed by atoms with E-state index < -0.39 is 0 Å². The monoisotopic (exact) mass is 377 g/mol. The second-order valence-corrected chi connectivity index (χ2v) is 8.05. The second-order valence-electron chi connectivity index (χ2n) is 7.10. The van der Waals surface area contributed by atoms with Crippen LogP contribution in [-0.4, -0.2) is 27.3 Å². The third-order valence-electron chi connectivity index (χ3n) is 5.02. The average Bonchev–Trinajstić information content (AvgIpc) is 3.23. The number of thioether (sulfide) groups is 1. The highest BCUT2D eigenvalue weighted by Crippen LogP contribution is 2.33. The van der Waals surface area contributed by atoms with Gasteiger partial charge in [-0.05, 0) is 50.5 Å². The van der Waals surface area contributed by atoms with Crippen LogP contribution in [0.5, 0.6) is 0 Å². The molecule has 138 valence electrons. The van der Waals surface area contributed by atoms with Crippen LogP contribution < -0.4 is 4.90 Å². The Morgan fingerprint density at radius 1 is 1.19 bits per heavy atom. The fourth-order valence-electron chi connectivity index (χ4n) is 3.80. The Bertz CT molecular complexity index is 995. The van der Waals surface area contributed by atoms with Gasteiger partial charge in [-0.15, -0.1) is 0 Å². The number of para-hydroxylation sites is 1. The van der Waals surface area contributed by atoms with Crippen LogP contribution >= 0.6 is 11.8 Å². The first kappa shape index (κ1) is 17.9. The van der Waals surface area contributed by atoms with Gasteiger partial charge in [0, 0.05) is 24.1 Å². The lowest BCUT2D eigenvalue weighted by atomic mass is 10.1. The third kappa shape index (κ3) is 3.39. The van der Waals surface area contributed by atoms with Crippen molar-refractivity contribution in [2.75, 3.05) is 10.7 Å². The molecular weight excluding hydrogens is 354 g/mol. The first-order chi connectivity index (χ1) is 13.0. The number of nitrogens with zero attached hydrogens (tertiary/aromatic N) is 3. The normalized spacial score (nSPS) is 15.8. The van der Waals surface area contributed by atoms with E-state index in [2.05, 4.69) is 54.6 Å². The van der Waals surface area contributed by atoms with Crippen molar-refractivity contribution in [1.82, 2.24) is 9.55 Å². The van der Waals surface area contributed by atoms with Gasteiger partial charge in [0.2, 0.25) is 5.91 Å². The number of carbonyl (C=O) groups excluding carboxylic acids is 1. The Hall–Kier alpha value is -2.53. The van der Waals surface area contributed by atoms with Gasteiger partial charge in [0.05, 0.1) is 11.4 Å². The molecule has 1 aliphatic heterocycles. The first-order valence-electron chi connectivity index (χ1n) is 9.18. The third-order valence-corrected chi connectivity index (χ3v) is 5.97. The SMILES string of the molecule is Cc1ccc(-n2ccnc2SCC(=O)N2c3ccccc3CC2C)c(C)c1. The molecule has 27 heavy (non-hydrogen) atoms. The summed E-state index contributed by atoms with van der Waals surface area (Å²) in [4.78, 5) is 19.4. The molecule has 0 spiro atoms. The van der Waals surface area contributed by atoms with E-state index in [0.717, 1.165) is 23.0 Å². The molecule has 0 saturated carbocycles. The zero-order chi connectivity index (χ0) is 19.0. The fraction of sp³-hybridized carbons (Fsp3) is 0.273. The Morgan fingerprint density at radius 3 is 2.81 bits per heavy atom. The van der Waals surface area contributed by atoms with E-state index in [9.17, 15) is 4.79 Å². The maximum absolute atomic E-state index is 12.9. The number of rotatable bonds is 4. The summed E-state index contributed by atoms with van der Waals surface area (Å²) in [5.41, 5.74) is 5.84. The summed E-state index contributed by atoms with van der Waals surface area (Å²) in [7, 11) is 0. The Labute approximate surface area is 164 Å². The smallest absolute Gasteiger partial charge is 0.237 e. The minimum atomic E-state index is 0.132. The predicted octanol–water partition coefficient (Wildman–Crippen LogP) is 4.56. The van der Waals surface area contributed by atoms with E-state index in [-0.39, 0.29) is 11.9 Å². The first-order valence-corrected chi connectivity index (χ1v) is 10.2. The van der Waals surface area contributed by atoms with Crippen molar-refractivity contribution in [2.45, 2.75) is 38.4 Å². The van der Waals surface area contributed by atoms with Crippen molar-refractivity contribution >= 4 is 23.4 Å². The highest BCUT2D eigenvalue weighted by atomic mass is 32.2. The molecule has 0 N–H and O–H groups in total. The number of anilines is 1. The zero-order valence-electron chi connectivity index (χ0n) is 15.8. The van der Waals surface area contributed by atoms with Gasteiger partial charge in [-0.25, -0.2) is 4.98 Å². The largest absolute Gasteiger partial charge is 0.308 e. The molecule has 2 aromatic carbocycles. The molecule has 4 nitrogen and oxygen atoms in total. The van der Waals surface area contributed by atoms with Gasteiger partial charge < -0.3 is 4.90 Å². The molecule has 1 aliphatic rings. The number of hydrogen-bond donors (Lipinski definition) is 0. The van der Waals surface area contributed by atoms with Gasteiger partial charge >= 0.3 is 0 Å². The van der Waals surface area contributed by atoms with Gasteiger partial charge in [-0.1, -0.05) is 47.7 Å². The summed E-state index contributed by atoms with van der Waals surface area (Å²) in [5.74, 6) is 0.508. The van der Waals surface area contributed by atoms with Crippen LogP contribution in [0.4, 0.5) is 5.69 Å². The van der Waals surface area contributed by atoms with Crippen molar-refractivity contribution in [3.63, 3.8) is 0 Å². The highest BCUT2D eigenvalue weighted by Gasteiger charge is 2.30. The maximum Gasteiger partial charge on any atom is 0.237 e. The molecule has 5 heteroatoms. The van der Waals surface area contributed by atoms with Gasteiger partial charge in [0.15, 0.2) is 5.16 Å². The lowest BCUT2D eigenvalue weighted by Crippen LogP contribution is -2.37.